The molecule has 39 heavy (non-hydrogen) atoms. The first kappa shape index (κ1) is 33.1. The van der Waals surface area contributed by atoms with E-state index in [9.17, 15) is 0 Å². The van der Waals surface area contributed by atoms with Crippen LogP contribution in [0, 0.1) is 0 Å². The molecule has 0 bridgehead atoms. The van der Waals surface area contributed by atoms with E-state index >= 15 is 0 Å². The molecule has 2 aromatic rings. The van der Waals surface area contributed by atoms with Crippen molar-refractivity contribution in [2.75, 3.05) is 18.0 Å². The number of unbranched alkanes of at least 4 members (excludes halogenated alkanes) is 18. The molecule has 0 unspecified atom stereocenters. The second-order valence-electron chi connectivity index (χ2n) is 11.6. The van der Waals surface area contributed by atoms with E-state index < -0.39 is 0 Å². The third kappa shape index (κ3) is 17.3. The Hall–Kier alpha value is -2.09. The highest BCUT2D eigenvalue weighted by Crippen LogP contribution is 2.20. The van der Waals surface area contributed by atoms with Gasteiger partial charge < -0.3 is 4.90 Å². The number of pyridine rings is 1. The maximum atomic E-state index is 4.11. The van der Waals surface area contributed by atoms with Gasteiger partial charge in [0.05, 0.1) is 0 Å². The Morgan fingerprint density at radius 1 is 0.462 bits per heavy atom. The van der Waals surface area contributed by atoms with Crippen molar-refractivity contribution in [3.8, 4) is 0 Å². The van der Waals surface area contributed by atoms with Gasteiger partial charge in [0.25, 0.3) is 0 Å². The molecule has 0 radical (unpaired) electrons. The molecule has 2 nitrogen and oxygen atoms in total. The molecule has 1 aromatic heterocycles. The van der Waals surface area contributed by atoms with Gasteiger partial charge in [-0.2, -0.15) is 0 Å². The van der Waals surface area contributed by atoms with Crippen LogP contribution in [0.15, 0.2) is 48.8 Å². The first-order valence-corrected chi connectivity index (χ1v) is 16.8. The molecule has 2 rings (SSSR count). The Labute approximate surface area is 242 Å². The van der Waals surface area contributed by atoms with Gasteiger partial charge in [0.15, 0.2) is 0 Å². The lowest BCUT2D eigenvalue weighted by atomic mass is 10.1. The third-order valence-corrected chi connectivity index (χ3v) is 8.00. The van der Waals surface area contributed by atoms with E-state index in [1.54, 1.807) is 0 Å². The topological polar surface area (TPSA) is 16.1 Å². The van der Waals surface area contributed by atoms with Crippen LogP contribution in [0.3, 0.4) is 0 Å². The van der Waals surface area contributed by atoms with Crippen molar-refractivity contribution in [3.63, 3.8) is 0 Å². The summed E-state index contributed by atoms with van der Waals surface area (Å²) in [6.45, 7) is 6.99. The second-order valence-corrected chi connectivity index (χ2v) is 11.6. The van der Waals surface area contributed by atoms with Crippen molar-refractivity contribution in [1.82, 2.24) is 4.98 Å². The third-order valence-electron chi connectivity index (χ3n) is 8.00. The minimum atomic E-state index is 1.19. The summed E-state index contributed by atoms with van der Waals surface area (Å²) >= 11 is 0. The number of aromatic nitrogens is 1. The average Bonchev–Trinajstić information content (AvgIpc) is 2.97. The Morgan fingerprint density at radius 3 is 1.23 bits per heavy atom. The van der Waals surface area contributed by atoms with Crippen molar-refractivity contribution in [3.05, 3.63) is 59.9 Å². The molecule has 0 saturated carbocycles. The predicted octanol–water partition coefficient (Wildman–Crippen LogP) is 11.9. The quantitative estimate of drug-likeness (QED) is 0.118. The van der Waals surface area contributed by atoms with E-state index in [1.807, 2.05) is 24.5 Å². The van der Waals surface area contributed by atoms with Gasteiger partial charge in [0.1, 0.15) is 0 Å². The smallest absolute Gasteiger partial charge is 0.0366 e. The lowest BCUT2D eigenvalue weighted by Crippen LogP contribution is -2.25. The van der Waals surface area contributed by atoms with Crippen LogP contribution >= 0.6 is 0 Å². The van der Waals surface area contributed by atoms with E-state index in [4.69, 9.17) is 0 Å². The van der Waals surface area contributed by atoms with Crippen LogP contribution in [-0.4, -0.2) is 18.1 Å². The van der Waals surface area contributed by atoms with E-state index in [0.717, 1.165) is 0 Å². The first-order valence-electron chi connectivity index (χ1n) is 16.8. The molecule has 0 atom stereocenters. The fourth-order valence-corrected chi connectivity index (χ4v) is 5.41. The number of rotatable bonds is 25. The summed E-state index contributed by atoms with van der Waals surface area (Å²) in [4.78, 5) is 6.77. The van der Waals surface area contributed by atoms with Gasteiger partial charge in [-0.3, -0.25) is 4.98 Å². The largest absolute Gasteiger partial charge is 0.372 e. The van der Waals surface area contributed by atoms with Gasteiger partial charge in [-0.25, -0.2) is 0 Å². The summed E-state index contributed by atoms with van der Waals surface area (Å²) in [7, 11) is 0. The van der Waals surface area contributed by atoms with Crippen LogP contribution in [0.2, 0.25) is 0 Å². The summed E-state index contributed by atoms with van der Waals surface area (Å²) in [5.41, 5.74) is 3.84. The van der Waals surface area contributed by atoms with E-state index in [2.05, 4.69) is 60.1 Å². The Kier molecular flexibility index (Phi) is 20.2. The highest BCUT2D eigenvalue weighted by atomic mass is 15.1. The number of nitrogens with zero attached hydrogens (tertiary/aromatic N) is 2. The fourth-order valence-electron chi connectivity index (χ4n) is 5.41. The molecule has 218 valence electrons. The van der Waals surface area contributed by atoms with Crippen LogP contribution < -0.4 is 4.90 Å². The zero-order valence-corrected chi connectivity index (χ0v) is 25.7. The van der Waals surface area contributed by atoms with E-state index in [0.29, 0.717) is 0 Å². The van der Waals surface area contributed by atoms with Gasteiger partial charge in [-0.05, 0) is 48.2 Å². The Bertz CT molecular complexity index is 787. The molecule has 1 heterocycles. The molecule has 0 saturated heterocycles. The summed E-state index contributed by atoms with van der Waals surface area (Å²) in [5, 5.41) is 0. The lowest BCUT2D eigenvalue weighted by molar-refractivity contribution is 0.543. The molecular formula is C37H60N2. The minimum absolute atomic E-state index is 1.19. The second kappa shape index (κ2) is 23.8. The van der Waals surface area contributed by atoms with Crippen LogP contribution in [0.4, 0.5) is 5.69 Å². The maximum absolute atomic E-state index is 4.11. The molecule has 0 aliphatic rings. The van der Waals surface area contributed by atoms with E-state index in [1.165, 1.54) is 158 Å². The molecule has 0 aliphatic carbocycles. The zero-order valence-electron chi connectivity index (χ0n) is 25.7. The van der Waals surface area contributed by atoms with Gasteiger partial charge in [-0.1, -0.05) is 154 Å². The minimum Gasteiger partial charge on any atom is -0.372 e. The molecule has 0 N–H and O–H groups in total. The number of hydrogen-bond acceptors (Lipinski definition) is 2. The van der Waals surface area contributed by atoms with Crippen LogP contribution in [0.1, 0.15) is 153 Å². The SMILES string of the molecule is CCCCCCCCCCCCN(CCCCCCCCCCCC)c1ccc(/C=C/c2ccncc2)cc1. The van der Waals surface area contributed by atoms with Crippen molar-refractivity contribution in [2.24, 2.45) is 0 Å². The highest BCUT2D eigenvalue weighted by Gasteiger charge is 2.07. The number of anilines is 1. The summed E-state index contributed by atoms with van der Waals surface area (Å²) in [6.07, 6.45) is 36.1. The fraction of sp³-hybridized carbons (Fsp3) is 0.649. The van der Waals surface area contributed by atoms with Gasteiger partial charge >= 0.3 is 0 Å². The zero-order chi connectivity index (χ0) is 27.6. The van der Waals surface area contributed by atoms with Crippen molar-refractivity contribution >= 4 is 17.8 Å². The van der Waals surface area contributed by atoms with Crippen LogP contribution in [0.5, 0.6) is 0 Å². The first-order chi connectivity index (χ1) is 19.3. The molecule has 0 aliphatic heterocycles. The standard InChI is InChI=1S/C37H60N2/c1-3-5-7-9-11-13-15-17-19-21-33-39(34-22-20-18-16-14-12-10-8-6-4-2)37-27-25-35(26-28-37)23-24-36-29-31-38-32-30-36/h23-32H,3-22,33-34H2,1-2H3/b24-23+. The van der Waals surface area contributed by atoms with Gasteiger partial charge in [0, 0.05) is 31.2 Å². The lowest BCUT2D eigenvalue weighted by Gasteiger charge is -2.25. The summed E-state index contributed by atoms with van der Waals surface area (Å²) < 4.78 is 0. The van der Waals surface area contributed by atoms with E-state index in [-0.39, 0.29) is 0 Å². The molecule has 1 aromatic carbocycles. The molecule has 0 amide bonds. The van der Waals surface area contributed by atoms with Crippen molar-refractivity contribution < 1.29 is 0 Å². The normalized spacial score (nSPS) is 11.4. The number of benzene rings is 1. The van der Waals surface area contributed by atoms with Crippen LogP contribution in [-0.2, 0) is 0 Å². The van der Waals surface area contributed by atoms with Gasteiger partial charge in [0.2, 0.25) is 0 Å². The summed E-state index contributed by atoms with van der Waals surface area (Å²) in [6, 6.07) is 13.3. The van der Waals surface area contributed by atoms with Crippen molar-refractivity contribution in [2.45, 2.75) is 142 Å². The average molecular weight is 533 g/mol. The molecule has 0 spiro atoms. The number of hydrogen-bond donors (Lipinski definition) is 0. The highest BCUT2D eigenvalue weighted by molar-refractivity contribution is 5.70. The maximum Gasteiger partial charge on any atom is 0.0366 e. The summed E-state index contributed by atoms with van der Waals surface area (Å²) in [5.74, 6) is 0. The monoisotopic (exact) mass is 532 g/mol. The molecule has 0 fully saturated rings. The van der Waals surface area contributed by atoms with Crippen LogP contribution in [0.25, 0.3) is 12.2 Å². The molecular weight excluding hydrogens is 472 g/mol. The Balaban J connectivity index is 1.74. The van der Waals surface area contributed by atoms with Crippen molar-refractivity contribution in [1.29, 1.82) is 0 Å². The predicted molar refractivity (Wildman–Crippen MR) is 176 cm³/mol. The molecule has 2 heteroatoms. The van der Waals surface area contributed by atoms with Gasteiger partial charge in [-0.15, -0.1) is 0 Å². The Morgan fingerprint density at radius 2 is 0.821 bits per heavy atom.